The molecule has 8 nitrogen and oxygen atoms in total. The summed E-state index contributed by atoms with van der Waals surface area (Å²) in [7, 11) is 1.19. The van der Waals surface area contributed by atoms with Crippen molar-refractivity contribution in [3.8, 4) is 0 Å². The zero-order valence-corrected chi connectivity index (χ0v) is 15.0. The number of hydrogen-bond donors (Lipinski definition) is 0. The molecule has 1 unspecified atom stereocenters. The Kier molecular flexibility index (Phi) is 6.84. The van der Waals surface area contributed by atoms with Crippen molar-refractivity contribution in [2.24, 2.45) is 0 Å². The monoisotopic (exact) mass is 375 g/mol. The molecule has 1 fully saturated rings. The fourth-order valence-corrected chi connectivity index (χ4v) is 2.68. The summed E-state index contributed by atoms with van der Waals surface area (Å²) in [5.41, 5.74) is -1.78. The van der Waals surface area contributed by atoms with Crippen molar-refractivity contribution in [3.05, 3.63) is 48.6 Å². The summed E-state index contributed by atoms with van der Waals surface area (Å²) in [6.07, 6.45) is 0.790. The van der Waals surface area contributed by atoms with Crippen molar-refractivity contribution in [2.45, 2.75) is 18.4 Å². The zero-order valence-electron chi connectivity index (χ0n) is 15.0. The van der Waals surface area contributed by atoms with Gasteiger partial charge in [-0.25, -0.2) is 4.79 Å². The predicted octanol–water partition coefficient (Wildman–Crippen LogP) is 1.11. The molecule has 0 N–H and O–H groups in total. The summed E-state index contributed by atoms with van der Waals surface area (Å²) in [5, 5.41) is 0. The molecule has 8 heteroatoms. The number of imide groups is 1. The van der Waals surface area contributed by atoms with Gasteiger partial charge in [0.2, 0.25) is 5.60 Å². The lowest BCUT2D eigenvalue weighted by atomic mass is 9.93. The van der Waals surface area contributed by atoms with Crippen LogP contribution in [0, 0.1) is 0 Å². The van der Waals surface area contributed by atoms with Crippen LogP contribution in [0.5, 0.6) is 0 Å². The Hall–Kier alpha value is -3.00. The van der Waals surface area contributed by atoms with E-state index in [9.17, 15) is 19.2 Å². The van der Waals surface area contributed by atoms with Gasteiger partial charge in [0.1, 0.15) is 6.61 Å². The zero-order chi connectivity index (χ0) is 19.9. The van der Waals surface area contributed by atoms with Crippen LogP contribution in [0.1, 0.15) is 23.2 Å². The average molecular weight is 375 g/mol. The molecule has 1 aromatic carbocycles. The van der Waals surface area contributed by atoms with E-state index in [0.717, 1.165) is 4.90 Å². The number of hydrogen-bond acceptors (Lipinski definition) is 7. The van der Waals surface area contributed by atoms with Gasteiger partial charge in [-0.3, -0.25) is 19.3 Å². The van der Waals surface area contributed by atoms with E-state index in [0.29, 0.717) is 5.56 Å². The molecule has 0 radical (unpaired) electrons. The summed E-state index contributed by atoms with van der Waals surface area (Å²) in [4.78, 5) is 50.9. The van der Waals surface area contributed by atoms with E-state index in [-0.39, 0.29) is 32.6 Å². The van der Waals surface area contributed by atoms with Crippen molar-refractivity contribution < 1.29 is 33.4 Å². The number of benzene rings is 1. The van der Waals surface area contributed by atoms with Crippen LogP contribution in [0.2, 0.25) is 0 Å². The Morgan fingerprint density at radius 3 is 2.63 bits per heavy atom. The maximum absolute atomic E-state index is 13.1. The van der Waals surface area contributed by atoms with E-state index in [2.05, 4.69) is 11.3 Å². The molecule has 0 aromatic heterocycles. The van der Waals surface area contributed by atoms with E-state index >= 15 is 0 Å². The minimum atomic E-state index is -2.08. The van der Waals surface area contributed by atoms with Crippen LogP contribution >= 0.6 is 0 Å². The number of methoxy groups -OCH3 is 1. The molecule has 1 aliphatic heterocycles. The highest BCUT2D eigenvalue weighted by Gasteiger charge is 2.54. The summed E-state index contributed by atoms with van der Waals surface area (Å²) in [6, 6.07) is 8.21. The first-order chi connectivity index (χ1) is 13.0. The van der Waals surface area contributed by atoms with Crippen LogP contribution < -0.4 is 0 Å². The highest BCUT2D eigenvalue weighted by Crippen LogP contribution is 2.28. The number of rotatable bonds is 7. The van der Waals surface area contributed by atoms with Crippen molar-refractivity contribution >= 4 is 23.8 Å². The van der Waals surface area contributed by atoms with Crippen LogP contribution in [0.15, 0.2) is 43.0 Å². The van der Waals surface area contributed by atoms with Gasteiger partial charge in [-0.1, -0.05) is 30.9 Å². The summed E-state index contributed by atoms with van der Waals surface area (Å²) < 4.78 is 15.1. The fraction of sp³-hybridized carbons (Fsp3) is 0.368. The minimum Gasteiger partial charge on any atom is -0.469 e. The first-order valence-corrected chi connectivity index (χ1v) is 8.36. The molecule has 1 atom stereocenters. The summed E-state index contributed by atoms with van der Waals surface area (Å²) >= 11 is 0. The number of nitrogens with zero attached hydrogens (tertiary/aromatic N) is 1. The quantitative estimate of drug-likeness (QED) is 0.305. The van der Waals surface area contributed by atoms with Gasteiger partial charge >= 0.3 is 11.9 Å². The second kappa shape index (κ2) is 9.09. The minimum absolute atomic E-state index is 0.0126. The van der Waals surface area contributed by atoms with Gasteiger partial charge < -0.3 is 14.2 Å². The topological polar surface area (TPSA) is 99.2 Å². The van der Waals surface area contributed by atoms with Crippen molar-refractivity contribution in [1.29, 1.82) is 0 Å². The maximum atomic E-state index is 13.1. The van der Waals surface area contributed by atoms with Crippen LogP contribution in [-0.2, 0) is 28.6 Å². The second-order valence-electron chi connectivity index (χ2n) is 5.77. The largest absolute Gasteiger partial charge is 0.469 e. The number of carbonyl (C=O) groups excluding carboxylic acids is 4. The lowest BCUT2D eigenvalue weighted by molar-refractivity contribution is -0.190. The molecule has 0 spiro atoms. The third kappa shape index (κ3) is 4.40. The van der Waals surface area contributed by atoms with E-state index < -0.39 is 29.4 Å². The molecule has 144 valence electrons. The molecular weight excluding hydrogens is 354 g/mol. The number of carbonyl (C=O) groups is 4. The maximum Gasteiger partial charge on any atom is 0.348 e. The van der Waals surface area contributed by atoms with Crippen molar-refractivity contribution in [2.75, 3.05) is 26.9 Å². The Morgan fingerprint density at radius 2 is 2.00 bits per heavy atom. The van der Waals surface area contributed by atoms with Gasteiger partial charge in [0, 0.05) is 18.4 Å². The molecule has 27 heavy (non-hydrogen) atoms. The number of amides is 2. The first-order valence-electron chi connectivity index (χ1n) is 8.36. The van der Waals surface area contributed by atoms with Gasteiger partial charge in [0.15, 0.2) is 0 Å². The number of ether oxygens (including phenoxy) is 3. The summed E-state index contributed by atoms with van der Waals surface area (Å²) in [5.74, 6) is -3.00. The smallest absolute Gasteiger partial charge is 0.348 e. The molecule has 2 rings (SSSR count). The lowest BCUT2D eigenvalue weighted by Gasteiger charge is -2.38. The van der Waals surface area contributed by atoms with Gasteiger partial charge in [0.25, 0.3) is 11.8 Å². The molecule has 0 aliphatic carbocycles. The molecule has 0 bridgehead atoms. The first kappa shape index (κ1) is 20.3. The third-order valence-corrected chi connectivity index (χ3v) is 4.09. The highest BCUT2D eigenvalue weighted by molar-refractivity contribution is 6.15. The lowest BCUT2D eigenvalue weighted by Crippen LogP contribution is -2.62. The third-order valence-electron chi connectivity index (χ3n) is 4.09. The predicted molar refractivity (Wildman–Crippen MR) is 93.6 cm³/mol. The van der Waals surface area contributed by atoms with E-state index in [1.165, 1.54) is 13.2 Å². The molecule has 1 aromatic rings. The fourth-order valence-electron chi connectivity index (χ4n) is 2.68. The SMILES string of the molecule is C=CCOC(=O)C1(CCC(=O)OC)OCCN(C(=O)c2ccccc2)C1=O. The standard InChI is InChI=1S/C19H21NO7/c1-3-12-26-18(24)19(10-9-15(21)25-2)17(23)20(11-13-27-19)16(22)14-7-5-4-6-8-14/h3-8H,1,9-13H2,2H3. The van der Waals surface area contributed by atoms with Crippen molar-refractivity contribution in [3.63, 3.8) is 0 Å². The summed E-state index contributed by atoms with van der Waals surface area (Å²) in [6.45, 7) is 3.24. The van der Waals surface area contributed by atoms with Crippen molar-refractivity contribution in [1.82, 2.24) is 4.90 Å². The average Bonchev–Trinajstić information content (AvgIpc) is 2.71. The molecule has 1 heterocycles. The van der Waals surface area contributed by atoms with Gasteiger partial charge in [-0.15, -0.1) is 0 Å². The highest BCUT2D eigenvalue weighted by atomic mass is 16.6. The van der Waals surface area contributed by atoms with Crippen LogP contribution in [0.25, 0.3) is 0 Å². The molecule has 1 aliphatic rings. The Labute approximate surface area is 156 Å². The van der Waals surface area contributed by atoms with E-state index in [1.54, 1.807) is 30.3 Å². The van der Waals surface area contributed by atoms with E-state index in [1.807, 2.05) is 0 Å². The van der Waals surface area contributed by atoms with Crippen LogP contribution in [-0.4, -0.2) is 61.1 Å². The van der Waals surface area contributed by atoms with E-state index in [4.69, 9.17) is 9.47 Å². The van der Waals surface area contributed by atoms with Gasteiger partial charge in [0.05, 0.1) is 20.3 Å². The molecule has 1 saturated heterocycles. The molecular formula is C19H21NO7. The Bertz CT molecular complexity index is 731. The number of esters is 2. The molecule has 0 saturated carbocycles. The second-order valence-corrected chi connectivity index (χ2v) is 5.77. The normalized spacial score (nSPS) is 19.3. The Balaban J connectivity index is 2.32. The van der Waals surface area contributed by atoms with Crippen LogP contribution in [0.3, 0.4) is 0 Å². The Morgan fingerprint density at radius 1 is 1.30 bits per heavy atom. The van der Waals surface area contributed by atoms with Gasteiger partial charge in [-0.2, -0.15) is 0 Å². The molecule has 2 amide bonds. The number of morpholine rings is 1. The van der Waals surface area contributed by atoms with Crippen LogP contribution in [0.4, 0.5) is 0 Å². The van der Waals surface area contributed by atoms with Gasteiger partial charge in [-0.05, 0) is 12.1 Å².